The van der Waals surface area contributed by atoms with E-state index in [1.165, 1.54) is 29.2 Å². The van der Waals surface area contributed by atoms with Crippen LogP contribution >= 0.6 is 0 Å². The van der Waals surface area contributed by atoms with E-state index in [0.717, 1.165) is 0 Å². The van der Waals surface area contributed by atoms with Gasteiger partial charge in [-0.05, 0) is 12.1 Å². The average molecular weight is 309 g/mol. The van der Waals surface area contributed by atoms with Crippen molar-refractivity contribution in [3.05, 3.63) is 30.6 Å². The first kappa shape index (κ1) is 14.1. The van der Waals surface area contributed by atoms with Gasteiger partial charge in [-0.2, -0.15) is 5.10 Å². The number of hydrogen-bond acceptors (Lipinski definition) is 5. The van der Waals surface area contributed by atoms with Gasteiger partial charge in [0.1, 0.15) is 23.6 Å². The molecule has 0 atom stereocenters. The maximum Gasteiger partial charge on any atom is 0.573 e. The number of halogens is 3. The number of aromatic nitrogens is 4. The molecule has 2 N–H and O–H groups in total. The molecule has 3 aromatic rings. The minimum atomic E-state index is -4.76. The fourth-order valence-corrected chi connectivity index (χ4v) is 2.15. The highest BCUT2D eigenvalue weighted by Gasteiger charge is 2.31. The fraction of sp³-hybridized carbons (Fsp3) is 0.154. The van der Waals surface area contributed by atoms with Crippen LogP contribution in [-0.2, 0) is 7.05 Å². The van der Waals surface area contributed by atoms with Crippen LogP contribution in [0.2, 0.25) is 0 Å². The summed E-state index contributed by atoms with van der Waals surface area (Å²) < 4.78 is 42.3. The second-order valence-electron chi connectivity index (χ2n) is 4.51. The molecule has 9 heteroatoms. The predicted molar refractivity (Wildman–Crippen MR) is 72.8 cm³/mol. The first-order valence-electron chi connectivity index (χ1n) is 6.14. The number of nitrogens with zero attached hydrogens (tertiary/aromatic N) is 4. The molecule has 0 fully saturated rings. The van der Waals surface area contributed by atoms with E-state index in [1.807, 2.05) is 0 Å². The number of benzene rings is 1. The third-order valence-corrected chi connectivity index (χ3v) is 2.99. The predicted octanol–water partition coefficient (Wildman–Crippen LogP) is 2.51. The average Bonchev–Trinajstić information content (AvgIpc) is 2.76. The zero-order valence-corrected chi connectivity index (χ0v) is 11.3. The molecule has 0 unspecified atom stereocenters. The van der Waals surface area contributed by atoms with E-state index >= 15 is 0 Å². The Morgan fingerprint density at radius 3 is 2.73 bits per heavy atom. The first-order valence-corrected chi connectivity index (χ1v) is 6.14. The van der Waals surface area contributed by atoms with Crippen molar-refractivity contribution in [3.63, 3.8) is 0 Å². The van der Waals surface area contributed by atoms with E-state index in [-0.39, 0.29) is 11.6 Å². The number of fused-ring (bicyclic) bond motifs is 1. The molecule has 0 aliphatic heterocycles. The molecule has 0 bridgehead atoms. The Bertz CT molecular complexity index is 843. The van der Waals surface area contributed by atoms with Crippen molar-refractivity contribution in [1.29, 1.82) is 0 Å². The van der Waals surface area contributed by atoms with E-state index in [4.69, 9.17) is 5.73 Å². The molecule has 2 heterocycles. The van der Waals surface area contributed by atoms with Crippen molar-refractivity contribution < 1.29 is 17.9 Å². The smallest absolute Gasteiger partial charge is 0.406 e. The van der Waals surface area contributed by atoms with Crippen LogP contribution in [0.25, 0.3) is 22.3 Å². The molecule has 6 nitrogen and oxygen atoms in total. The summed E-state index contributed by atoms with van der Waals surface area (Å²) in [6.07, 6.45) is -3.46. The van der Waals surface area contributed by atoms with Gasteiger partial charge in [-0.3, -0.25) is 0 Å². The molecule has 0 aliphatic rings. The second kappa shape index (κ2) is 4.86. The number of anilines is 1. The van der Waals surface area contributed by atoms with Crippen molar-refractivity contribution >= 4 is 16.9 Å². The maximum atomic E-state index is 12.3. The van der Waals surface area contributed by atoms with Crippen LogP contribution in [-0.4, -0.2) is 26.1 Å². The van der Waals surface area contributed by atoms with Crippen LogP contribution in [0.5, 0.6) is 5.75 Å². The standard InChI is InChI=1S/C13H10F3N5O/c1-21-12-9(11(17)18-6-19-12)10(20-21)7-3-2-4-8(5-7)22-13(14,15)16/h2-6H,1H3,(H2,17,18,19). The molecule has 22 heavy (non-hydrogen) atoms. The molecule has 1 aromatic carbocycles. The number of hydrogen-bond donors (Lipinski definition) is 1. The van der Waals surface area contributed by atoms with Crippen molar-refractivity contribution in [3.8, 4) is 17.0 Å². The summed E-state index contributed by atoms with van der Waals surface area (Å²) in [4.78, 5) is 7.96. The van der Waals surface area contributed by atoms with Crippen LogP contribution in [0.15, 0.2) is 30.6 Å². The van der Waals surface area contributed by atoms with E-state index < -0.39 is 6.36 Å². The molecular formula is C13H10F3N5O. The Labute approximate surface area is 122 Å². The van der Waals surface area contributed by atoms with Gasteiger partial charge in [0, 0.05) is 12.6 Å². The van der Waals surface area contributed by atoms with E-state index in [9.17, 15) is 13.2 Å². The van der Waals surface area contributed by atoms with Crippen molar-refractivity contribution in [2.45, 2.75) is 6.36 Å². The number of nitrogens with two attached hydrogens (primary N) is 1. The lowest BCUT2D eigenvalue weighted by molar-refractivity contribution is -0.274. The van der Waals surface area contributed by atoms with Crippen molar-refractivity contribution in [2.24, 2.45) is 7.05 Å². The van der Waals surface area contributed by atoms with E-state index in [1.54, 1.807) is 13.1 Å². The monoisotopic (exact) mass is 309 g/mol. The van der Waals surface area contributed by atoms with E-state index in [0.29, 0.717) is 22.3 Å². The topological polar surface area (TPSA) is 78.9 Å². The van der Waals surface area contributed by atoms with Crippen LogP contribution < -0.4 is 10.5 Å². The lowest BCUT2D eigenvalue weighted by Gasteiger charge is -2.09. The summed E-state index contributed by atoms with van der Waals surface area (Å²) in [5, 5.41) is 4.74. The maximum absolute atomic E-state index is 12.3. The molecule has 0 saturated carbocycles. The number of rotatable bonds is 2. The van der Waals surface area contributed by atoms with Gasteiger partial charge in [0.2, 0.25) is 0 Å². The molecule has 0 saturated heterocycles. The molecular weight excluding hydrogens is 299 g/mol. The zero-order valence-electron chi connectivity index (χ0n) is 11.3. The van der Waals surface area contributed by atoms with Gasteiger partial charge in [0.25, 0.3) is 0 Å². The molecule has 0 amide bonds. The summed E-state index contributed by atoms with van der Waals surface area (Å²) in [7, 11) is 1.66. The van der Waals surface area contributed by atoms with Gasteiger partial charge in [0.05, 0.1) is 5.39 Å². The molecule has 0 spiro atoms. The third-order valence-electron chi connectivity index (χ3n) is 2.99. The first-order chi connectivity index (χ1) is 10.3. The van der Waals surface area contributed by atoms with Crippen molar-refractivity contribution in [1.82, 2.24) is 19.7 Å². The van der Waals surface area contributed by atoms with Crippen LogP contribution in [0.1, 0.15) is 0 Å². The number of nitrogen functional groups attached to an aromatic ring is 1. The lowest BCUT2D eigenvalue weighted by atomic mass is 10.1. The van der Waals surface area contributed by atoms with E-state index in [2.05, 4.69) is 19.8 Å². The molecule has 0 radical (unpaired) electrons. The Hall–Kier alpha value is -2.84. The summed E-state index contributed by atoms with van der Waals surface area (Å²) >= 11 is 0. The Morgan fingerprint density at radius 2 is 2.00 bits per heavy atom. The summed E-state index contributed by atoms with van der Waals surface area (Å²) in [5.74, 6) is -0.130. The lowest BCUT2D eigenvalue weighted by Crippen LogP contribution is -2.17. The van der Waals surface area contributed by atoms with Crippen LogP contribution in [0.4, 0.5) is 19.0 Å². The van der Waals surface area contributed by atoms with Crippen molar-refractivity contribution in [2.75, 3.05) is 5.73 Å². The summed E-state index contributed by atoms with van der Waals surface area (Å²) in [5.41, 5.74) is 7.14. The Balaban J connectivity index is 2.14. The molecule has 0 aliphatic carbocycles. The minimum Gasteiger partial charge on any atom is -0.406 e. The number of ether oxygens (including phenoxy) is 1. The summed E-state index contributed by atoms with van der Waals surface area (Å²) in [6, 6.07) is 5.50. The quantitative estimate of drug-likeness (QED) is 0.787. The third kappa shape index (κ3) is 2.52. The van der Waals surface area contributed by atoms with Gasteiger partial charge < -0.3 is 10.5 Å². The number of alkyl halides is 3. The molecule has 3 rings (SSSR count). The van der Waals surface area contributed by atoms with Gasteiger partial charge in [-0.1, -0.05) is 12.1 Å². The number of aryl methyl sites for hydroxylation is 1. The fourth-order valence-electron chi connectivity index (χ4n) is 2.15. The van der Waals surface area contributed by atoms with Gasteiger partial charge in [0.15, 0.2) is 5.65 Å². The normalized spacial score (nSPS) is 11.8. The highest BCUT2D eigenvalue weighted by molar-refractivity contribution is 5.98. The molecule has 114 valence electrons. The highest BCUT2D eigenvalue weighted by atomic mass is 19.4. The van der Waals surface area contributed by atoms with Crippen LogP contribution in [0.3, 0.4) is 0 Å². The summed E-state index contributed by atoms with van der Waals surface area (Å²) in [6.45, 7) is 0. The van der Waals surface area contributed by atoms with Crippen LogP contribution in [0, 0.1) is 0 Å². The van der Waals surface area contributed by atoms with Gasteiger partial charge in [-0.15, -0.1) is 13.2 Å². The van der Waals surface area contributed by atoms with Gasteiger partial charge >= 0.3 is 6.36 Å². The SMILES string of the molecule is Cn1nc(-c2cccc(OC(F)(F)F)c2)c2c(N)ncnc21. The Kier molecular flexibility index (Phi) is 3.12. The Morgan fingerprint density at radius 1 is 1.23 bits per heavy atom. The zero-order chi connectivity index (χ0) is 15.9. The second-order valence-corrected chi connectivity index (χ2v) is 4.51. The highest BCUT2D eigenvalue weighted by Crippen LogP contribution is 2.32. The largest absolute Gasteiger partial charge is 0.573 e. The van der Waals surface area contributed by atoms with Gasteiger partial charge in [-0.25, -0.2) is 14.6 Å². The minimum absolute atomic E-state index is 0.204. The molecule has 2 aromatic heterocycles.